The zero-order valence-corrected chi connectivity index (χ0v) is 11.3. The molecule has 0 fully saturated rings. The predicted octanol–water partition coefficient (Wildman–Crippen LogP) is 2.94. The van der Waals surface area contributed by atoms with Crippen LogP contribution < -0.4 is 11.3 Å². The van der Waals surface area contributed by atoms with Gasteiger partial charge in [0.05, 0.1) is 6.54 Å². The first-order valence-electron chi connectivity index (χ1n) is 6.58. The van der Waals surface area contributed by atoms with Crippen LogP contribution in [0.2, 0.25) is 0 Å². The second kappa shape index (κ2) is 4.85. The summed E-state index contributed by atoms with van der Waals surface area (Å²) in [5.41, 5.74) is 8.77. The van der Waals surface area contributed by atoms with Gasteiger partial charge in [0.1, 0.15) is 0 Å². The fourth-order valence-electron chi connectivity index (χ4n) is 2.32. The number of anilines is 1. The summed E-state index contributed by atoms with van der Waals surface area (Å²) < 4.78 is 1.73. The number of nitrogens with two attached hydrogens (primary N) is 1. The lowest BCUT2D eigenvalue weighted by Crippen LogP contribution is -2.20. The average Bonchev–Trinajstić information content (AvgIpc) is 2.44. The van der Waals surface area contributed by atoms with Crippen molar-refractivity contribution in [3.63, 3.8) is 0 Å². The number of fused-ring (bicyclic) bond motifs is 1. The number of aromatic nitrogens is 1. The van der Waals surface area contributed by atoms with Gasteiger partial charge < -0.3 is 10.3 Å². The molecule has 0 amide bonds. The van der Waals surface area contributed by atoms with Gasteiger partial charge in [-0.2, -0.15) is 0 Å². The Kier molecular flexibility index (Phi) is 3.03. The minimum Gasteiger partial charge on any atom is -0.399 e. The molecule has 3 nitrogen and oxygen atoms in total. The molecule has 3 rings (SSSR count). The molecule has 3 aromatic rings. The molecule has 2 aromatic carbocycles. The minimum atomic E-state index is 0.0167. The van der Waals surface area contributed by atoms with E-state index in [-0.39, 0.29) is 5.56 Å². The van der Waals surface area contributed by atoms with Crippen LogP contribution >= 0.6 is 0 Å². The Morgan fingerprint density at radius 2 is 1.80 bits per heavy atom. The van der Waals surface area contributed by atoms with E-state index in [1.54, 1.807) is 16.7 Å². The summed E-state index contributed by atoms with van der Waals surface area (Å²) in [6.45, 7) is 2.63. The fourth-order valence-corrected chi connectivity index (χ4v) is 2.32. The van der Waals surface area contributed by atoms with E-state index >= 15 is 0 Å². The fraction of sp³-hybridized carbons (Fsp3) is 0.118. The van der Waals surface area contributed by atoms with E-state index in [1.165, 1.54) is 5.56 Å². The molecule has 0 atom stereocenters. The van der Waals surface area contributed by atoms with E-state index in [2.05, 4.69) is 31.2 Å². The summed E-state index contributed by atoms with van der Waals surface area (Å²) >= 11 is 0. The molecule has 2 N–H and O–H groups in total. The van der Waals surface area contributed by atoms with Crippen molar-refractivity contribution in [1.29, 1.82) is 0 Å². The van der Waals surface area contributed by atoms with Crippen LogP contribution in [0.25, 0.3) is 10.8 Å². The highest BCUT2D eigenvalue weighted by atomic mass is 16.1. The SMILES string of the molecule is Cc1ccc(Cn2ccc3cc(N)ccc3c2=O)cc1. The third-order valence-corrected chi connectivity index (χ3v) is 3.47. The first kappa shape index (κ1) is 12.5. The molecule has 0 spiro atoms. The molecule has 1 heterocycles. The molecule has 0 saturated heterocycles. The number of pyridine rings is 1. The van der Waals surface area contributed by atoms with Crippen LogP contribution in [0.15, 0.2) is 59.5 Å². The van der Waals surface area contributed by atoms with Gasteiger partial charge in [0.15, 0.2) is 0 Å². The molecule has 0 unspecified atom stereocenters. The van der Waals surface area contributed by atoms with Crippen molar-refractivity contribution < 1.29 is 0 Å². The third-order valence-electron chi connectivity index (χ3n) is 3.47. The predicted molar refractivity (Wildman–Crippen MR) is 82.9 cm³/mol. The summed E-state index contributed by atoms with van der Waals surface area (Å²) in [6.07, 6.45) is 1.82. The molecular weight excluding hydrogens is 248 g/mol. The molecule has 20 heavy (non-hydrogen) atoms. The summed E-state index contributed by atoms with van der Waals surface area (Å²) in [5, 5.41) is 1.59. The van der Waals surface area contributed by atoms with Crippen molar-refractivity contribution in [1.82, 2.24) is 4.57 Å². The van der Waals surface area contributed by atoms with Gasteiger partial charge in [-0.1, -0.05) is 29.8 Å². The number of aryl methyl sites for hydroxylation is 1. The van der Waals surface area contributed by atoms with Gasteiger partial charge in [-0.05, 0) is 42.1 Å². The zero-order chi connectivity index (χ0) is 14.1. The van der Waals surface area contributed by atoms with E-state index < -0.39 is 0 Å². The Morgan fingerprint density at radius 1 is 1.05 bits per heavy atom. The Hall–Kier alpha value is -2.55. The summed E-state index contributed by atoms with van der Waals surface area (Å²) in [4.78, 5) is 12.4. The van der Waals surface area contributed by atoms with Crippen LogP contribution in [0.3, 0.4) is 0 Å². The highest BCUT2D eigenvalue weighted by Gasteiger charge is 2.03. The molecule has 0 aliphatic rings. The Balaban J connectivity index is 2.04. The van der Waals surface area contributed by atoms with Gasteiger partial charge in [-0.3, -0.25) is 4.79 Å². The Labute approximate surface area is 117 Å². The van der Waals surface area contributed by atoms with Crippen molar-refractivity contribution in [2.75, 3.05) is 5.73 Å². The lowest BCUT2D eigenvalue weighted by atomic mass is 10.1. The highest BCUT2D eigenvalue weighted by molar-refractivity contribution is 5.84. The van der Waals surface area contributed by atoms with Crippen molar-refractivity contribution in [2.24, 2.45) is 0 Å². The van der Waals surface area contributed by atoms with Crippen molar-refractivity contribution in [3.8, 4) is 0 Å². The number of nitrogens with zero attached hydrogens (tertiary/aromatic N) is 1. The second-order valence-electron chi connectivity index (χ2n) is 5.08. The largest absolute Gasteiger partial charge is 0.399 e. The number of rotatable bonds is 2. The van der Waals surface area contributed by atoms with E-state index in [4.69, 9.17) is 5.73 Å². The molecule has 0 aliphatic heterocycles. The molecule has 0 aliphatic carbocycles. The smallest absolute Gasteiger partial charge is 0.258 e. The first-order chi connectivity index (χ1) is 9.63. The minimum absolute atomic E-state index is 0.0167. The third kappa shape index (κ3) is 2.30. The average molecular weight is 264 g/mol. The van der Waals surface area contributed by atoms with Crippen LogP contribution in [-0.4, -0.2) is 4.57 Å². The number of nitrogen functional groups attached to an aromatic ring is 1. The van der Waals surface area contributed by atoms with Gasteiger partial charge in [-0.15, -0.1) is 0 Å². The lowest BCUT2D eigenvalue weighted by Gasteiger charge is -2.08. The second-order valence-corrected chi connectivity index (χ2v) is 5.08. The summed E-state index contributed by atoms with van der Waals surface area (Å²) in [7, 11) is 0. The van der Waals surface area contributed by atoms with Crippen LogP contribution in [0.1, 0.15) is 11.1 Å². The maximum atomic E-state index is 12.4. The van der Waals surface area contributed by atoms with Crippen LogP contribution in [0.4, 0.5) is 5.69 Å². The lowest BCUT2D eigenvalue weighted by molar-refractivity contribution is 0.768. The maximum Gasteiger partial charge on any atom is 0.258 e. The van der Waals surface area contributed by atoms with Crippen LogP contribution in [-0.2, 0) is 6.54 Å². The van der Waals surface area contributed by atoms with Crippen LogP contribution in [0.5, 0.6) is 0 Å². The van der Waals surface area contributed by atoms with Crippen molar-refractivity contribution in [2.45, 2.75) is 13.5 Å². The monoisotopic (exact) mass is 264 g/mol. The Bertz CT molecular complexity index is 817. The summed E-state index contributed by atoms with van der Waals surface area (Å²) in [5.74, 6) is 0. The van der Waals surface area contributed by atoms with Crippen LogP contribution in [0, 0.1) is 6.92 Å². The molecule has 100 valence electrons. The molecule has 3 heteroatoms. The highest BCUT2D eigenvalue weighted by Crippen LogP contribution is 2.14. The zero-order valence-electron chi connectivity index (χ0n) is 11.3. The molecule has 0 saturated carbocycles. The van der Waals surface area contributed by atoms with Gasteiger partial charge >= 0.3 is 0 Å². The van der Waals surface area contributed by atoms with Crippen molar-refractivity contribution >= 4 is 16.5 Å². The van der Waals surface area contributed by atoms with E-state index in [0.29, 0.717) is 17.6 Å². The summed E-state index contributed by atoms with van der Waals surface area (Å²) in [6, 6.07) is 15.5. The van der Waals surface area contributed by atoms with Gasteiger partial charge in [-0.25, -0.2) is 0 Å². The standard InChI is InChI=1S/C17H16N2O/c1-12-2-4-13(5-3-12)11-19-9-8-14-10-15(18)6-7-16(14)17(19)20/h2-10H,11,18H2,1H3. The maximum absolute atomic E-state index is 12.4. The first-order valence-corrected chi connectivity index (χ1v) is 6.58. The Morgan fingerprint density at radius 3 is 2.55 bits per heavy atom. The van der Waals surface area contributed by atoms with Gasteiger partial charge in [0.2, 0.25) is 0 Å². The molecule has 1 aromatic heterocycles. The van der Waals surface area contributed by atoms with E-state index in [1.807, 2.05) is 18.3 Å². The van der Waals surface area contributed by atoms with E-state index in [9.17, 15) is 4.79 Å². The molecular formula is C17H16N2O. The van der Waals surface area contributed by atoms with Gasteiger partial charge in [0, 0.05) is 17.3 Å². The molecule has 0 bridgehead atoms. The number of benzene rings is 2. The number of hydrogen-bond acceptors (Lipinski definition) is 2. The van der Waals surface area contributed by atoms with Gasteiger partial charge in [0.25, 0.3) is 5.56 Å². The van der Waals surface area contributed by atoms with Crippen molar-refractivity contribution in [3.05, 3.63) is 76.2 Å². The topological polar surface area (TPSA) is 48.0 Å². The quantitative estimate of drug-likeness (QED) is 0.723. The molecule has 0 radical (unpaired) electrons. The number of hydrogen-bond donors (Lipinski definition) is 1. The van der Waals surface area contributed by atoms with E-state index in [0.717, 1.165) is 10.9 Å². The normalized spacial score (nSPS) is 10.8.